The summed E-state index contributed by atoms with van der Waals surface area (Å²) in [5.41, 5.74) is 18.4. The lowest BCUT2D eigenvalue weighted by molar-refractivity contribution is -0.659. The predicted molar refractivity (Wildman–Crippen MR) is 147 cm³/mol. The zero-order chi connectivity index (χ0) is 24.8. The molecule has 0 fully saturated rings. The molecule has 4 aromatic rings. The molecule has 0 bridgehead atoms. The highest BCUT2D eigenvalue weighted by molar-refractivity contribution is 6.10. The summed E-state index contributed by atoms with van der Waals surface area (Å²) < 4.78 is 2.37. The smallest absolute Gasteiger partial charge is 0.220 e. The molecule has 0 radical (unpaired) electrons. The van der Waals surface area contributed by atoms with Crippen molar-refractivity contribution in [1.29, 1.82) is 0 Å². The van der Waals surface area contributed by atoms with Gasteiger partial charge in [-0.2, -0.15) is 4.57 Å². The number of aromatic nitrogens is 1. The van der Waals surface area contributed by atoms with Gasteiger partial charge in [0.1, 0.15) is 6.54 Å². The number of carbonyl (C=O) groups excluding carboxylic acids is 1. The number of hydrogen-bond acceptors (Lipinski definition) is 3. The Balaban J connectivity index is 1.63. The van der Waals surface area contributed by atoms with Crippen molar-refractivity contribution in [3.05, 3.63) is 78.9 Å². The molecule has 5 heteroatoms. The molecule has 4 rings (SSSR count). The molecule has 0 saturated carbocycles. The van der Waals surface area contributed by atoms with Gasteiger partial charge in [-0.05, 0) is 62.6 Å². The lowest BCUT2D eigenvalue weighted by Gasteiger charge is -2.13. The Morgan fingerprint density at radius 2 is 1.57 bits per heavy atom. The van der Waals surface area contributed by atoms with Crippen molar-refractivity contribution >= 4 is 39.0 Å². The third kappa shape index (κ3) is 5.80. The van der Waals surface area contributed by atoms with Gasteiger partial charge in [0, 0.05) is 47.8 Å². The van der Waals surface area contributed by atoms with Gasteiger partial charge in [-0.15, -0.1) is 6.58 Å². The maximum atomic E-state index is 12.1. The van der Waals surface area contributed by atoms with Crippen LogP contribution in [0, 0.1) is 0 Å². The average molecular weight is 468 g/mol. The summed E-state index contributed by atoms with van der Waals surface area (Å²) in [5.74, 6) is 0.114. The number of pyridine rings is 1. The van der Waals surface area contributed by atoms with E-state index in [1.54, 1.807) is 0 Å². The summed E-state index contributed by atoms with van der Waals surface area (Å²) >= 11 is 0. The molecule has 180 valence electrons. The molecular formula is C30H35N4O+. The topological polar surface area (TPSA) is 85.0 Å². The molecule has 0 aliphatic carbocycles. The summed E-state index contributed by atoms with van der Waals surface area (Å²) in [6.45, 7) is 7.35. The highest BCUT2D eigenvalue weighted by atomic mass is 16.1. The lowest BCUT2D eigenvalue weighted by atomic mass is 9.98. The number of anilines is 2. The Hall–Kier alpha value is -3.86. The van der Waals surface area contributed by atoms with E-state index in [1.807, 2.05) is 25.1 Å². The molecule has 0 saturated heterocycles. The van der Waals surface area contributed by atoms with Gasteiger partial charge in [0.15, 0.2) is 0 Å². The number of unbranched alkanes of at least 4 members (excludes halogenated alkanes) is 2. The monoisotopic (exact) mass is 467 g/mol. The van der Waals surface area contributed by atoms with E-state index in [-0.39, 0.29) is 5.91 Å². The SMILES string of the molecule is C=C(C)CCNC(=O)CCCCC[n+]1c(-c2ccccc2)c2cc(N)ccc2c2ccc(N)cc21. The first-order chi connectivity index (χ1) is 16.9. The minimum atomic E-state index is 0.114. The fourth-order valence-electron chi connectivity index (χ4n) is 4.63. The standard InChI is InChI=1S/C30H34N4O/c1-21(2)16-17-33-29(35)11-7-4-8-18-34-28-20-24(32)13-15-26(28)25-14-12-23(31)19-27(25)30(34)22-9-5-3-6-10-22/h3,5-6,9-10,12-15,19-20,32H,1,4,7-8,11,16-18,31H2,2H3,(H,33,35)/p+1. The first kappa shape index (κ1) is 24.3. The number of aryl methyl sites for hydroxylation is 1. The van der Waals surface area contributed by atoms with Crippen LogP contribution in [0.3, 0.4) is 0 Å². The van der Waals surface area contributed by atoms with Gasteiger partial charge in [0.05, 0.1) is 10.8 Å². The Labute approximate surface area is 207 Å². The van der Waals surface area contributed by atoms with E-state index in [2.05, 4.69) is 65.0 Å². The normalized spacial score (nSPS) is 11.1. The van der Waals surface area contributed by atoms with Crippen molar-refractivity contribution in [2.45, 2.75) is 45.6 Å². The molecule has 1 aromatic heterocycles. The minimum absolute atomic E-state index is 0.114. The summed E-state index contributed by atoms with van der Waals surface area (Å²) in [6.07, 6.45) is 4.16. The van der Waals surface area contributed by atoms with Crippen LogP contribution in [0.2, 0.25) is 0 Å². The molecule has 0 atom stereocenters. The lowest BCUT2D eigenvalue weighted by Crippen LogP contribution is -2.38. The highest BCUT2D eigenvalue weighted by Crippen LogP contribution is 2.33. The first-order valence-corrected chi connectivity index (χ1v) is 12.3. The first-order valence-electron chi connectivity index (χ1n) is 12.3. The van der Waals surface area contributed by atoms with Gasteiger partial charge in [-0.1, -0.05) is 29.8 Å². The van der Waals surface area contributed by atoms with Crippen LogP contribution in [0.5, 0.6) is 0 Å². The van der Waals surface area contributed by atoms with Crippen molar-refractivity contribution in [2.75, 3.05) is 18.0 Å². The molecule has 1 amide bonds. The minimum Gasteiger partial charge on any atom is -0.399 e. The Morgan fingerprint density at radius 1 is 0.857 bits per heavy atom. The molecule has 35 heavy (non-hydrogen) atoms. The molecule has 0 spiro atoms. The van der Waals surface area contributed by atoms with Crippen LogP contribution in [0.15, 0.2) is 78.9 Å². The second-order valence-electron chi connectivity index (χ2n) is 9.32. The van der Waals surface area contributed by atoms with Crippen LogP contribution >= 0.6 is 0 Å². The maximum absolute atomic E-state index is 12.1. The molecule has 5 nitrogen and oxygen atoms in total. The van der Waals surface area contributed by atoms with Gasteiger partial charge in [-0.25, -0.2) is 0 Å². The van der Waals surface area contributed by atoms with Gasteiger partial charge in [0.2, 0.25) is 17.1 Å². The number of fused-ring (bicyclic) bond motifs is 3. The molecule has 0 aliphatic heterocycles. The van der Waals surface area contributed by atoms with E-state index in [1.165, 1.54) is 0 Å². The fraction of sp³-hybridized carbons (Fsp3) is 0.267. The number of nitrogens with one attached hydrogen (secondary N) is 1. The van der Waals surface area contributed by atoms with Crippen LogP contribution in [-0.2, 0) is 11.3 Å². The quantitative estimate of drug-likeness (QED) is 0.0912. The van der Waals surface area contributed by atoms with Crippen molar-refractivity contribution in [1.82, 2.24) is 5.32 Å². The number of rotatable bonds is 10. The van der Waals surface area contributed by atoms with Crippen molar-refractivity contribution in [3.63, 3.8) is 0 Å². The van der Waals surface area contributed by atoms with Crippen LogP contribution in [0.4, 0.5) is 11.4 Å². The van der Waals surface area contributed by atoms with Crippen molar-refractivity contribution in [3.8, 4) is 11.3 Å². The van der Waals surface area contributed by atoms with Crippen LogP contribution in [-0.4, -0.2) is 12.5 Å². The number of hydrogen-bond donors (Lipinski definition) is 3. The molecule has 1 heterocycles. The summed E-state index contributed by atoms with van der Waals surface area (Å²) in [4.78, 5) is 12.1. The highest BCUT2D eigenvalue weighted by Gasteiger charge is 2.23. The number of nitrogens with two attached hydrogens (primary N) is 2. The van der Waals surface area contributed by atoms with Crippen LogP contribution < -0.4 is 21.4 Å². The molecular weight excluding hydrogens is 432 g/mol. The number of benzene rings is 3. The Kier molecular flexibility index (Phi) is 7.66. The number of carbonyl (C=O) groups is 1. The maximum Gasteiger partial charge on any atom is 0.220 e. The van der Waals surface area contributed by atoms with E-state index in [9.17, 15) is 4.79 Å². The Morgan fingerprint density at radius 3 is 2.31 bits per heavy atom. The fourth-order valence-corrected chi connectivity index (χ4v) is 4.63. The van der Waals surface area contributed by atoms with E-state index in [0.29, 0.717) is 13.0 Å². The van der Waals surface area contributed by atoms with Gasteiger partial charge in [-0.3, -0.25) is 4.79 Å². The third-order valence-electron chi connectivity index (χ3n) is 6.38. The molecule has 5 N–H and O–H groups in total. The van der Waals surface area contributed by atoms with Gasteiger partial charge < -0.3 is 16.8 Å². The van der Waals surface area contributed by atoms with Gasteiger partial charge >= 0.3 is 0 Å². The number of nitrogen functional groups attached to an aromatic ring is 2. The number of amides is 1. The molecule has 3 aromatic carbocycles. The largest absolute Gasteiger partial charge is 0.399 e. The van der Waals surface area contributed by atoms with E-state index in [4.69, 9.17) is 11.5 Å². The second kappa shape index (κ2) is 11.0. The van der Waals surface area contributed by atoms with Crippen molar-refractivity contribution < 1.29 is 9.36 Å². The van der Waals surface area contributed by atoms with E-state index < -0.39 is 0 Å². The van der Waals surface area contributed by atoms with Gasteiger partial charge in [0.25, 0.3) is 0 Å². The van der Waals surface area contributed by atoms with Crippen LogP contribution in [0.25, 0.3) is 32.9 Å². The molecule has 0 unspecified atom stereocenters. The molecule has 0 aliphatic rings. The average Bonchev–Trinajstić information content (AvgIpc) is 2.83. The Bertz CT molecular complexity index is 1360. The predicted octanol–water partition coefficient (Wildman–Crippen LogP) is 5.75. The summed E-state index contributed by atoms with van der Waals surface area (Å²) in [7, 11) is 0. The second-order valence-corrected chi connectivity index (χ2v) is 9.32. The van der Waals surface area contributed by atoms with E-state index in [0.717, 1.165) is 82.1 Å². The third-order valence-corrected chi connectivity index (χ3v) is 6.38. The summed E-state index contributed by atoms with van der Waals surface area (Å²) in [5, 5.41) is 6.43. The van der Waals surface area contributed by atoms with Crippen molar-refractivity contribution in [2.24, 2.45) is 0 Å². The zero-order valence-corrected chi connectivity index (χ0v) is 20.5. The zero-order valence-electron chi connectivity index (χ0n) is 20.5. The van der Waals surface area contributed by atoms with Crippen LogP contribution in [0.1, 0.15) is 39.0 Å². The van der Waals surface area contributed by atoms with E-state index >= 15 is 0 Å². The number of nitrogens with zero attached hydrogens (tertiary/aromatic N) is 1. The summed E-state index contributed by atoms with van der Waals surface area (Å²) in [6, 6.07) is 22.7.